The van der Waals surface area contributed by atoms with E-state index in [1.807, 2.05) is 36.4 Å². The van der Waals surface area contributed by atoms with Crippen LogP contribution in [-0.4, -0.2) is 42.9 Å². The zero-order chi connectivity index (χ0) is 21.2. The number of hydrogen-bond acceptors (Lipinski definition) is 8. The molecule has 0 bridgehead atoms. The summed E-state index contributed by atoms with van der Waals surface area (Å²) in [6, 6.07) is 11.4. The predicted octanol–water partition coefficient (Wildman–Crippen LogP) is 3.89. The Morgan fingerprint density at radius 3 is 2.23 bits per heavy atom. The molecule has 5 rings (SSSR count). The number of anilines is 4. The minimum atomic E-state index is -0.502. The number of ether oxygens (including phenoxy) is 1. The van der Waals surface area contributed by atoms with E-state index in [4.69, 9.17) is 4.74 Å². The molecule has 154 valence electrons. The second-order valence-corrected chi connectivity index (χ2v) is 6.77. The van der Waals surface area contributed by atoms with Gasteiger partial charge < -0.3 is 15.4 Å². The van der Waals surface area contributed by atoms with Crippen LogP contribution in [0.15, 0.2) is 55.0 Å². The summed E-state index contributed by atoms with van der Waals surface area (Å²) in [4.78, 5) is 21.2. The molecule has 0 atom stereocenters. The fourth-order valence-corrected chi connectivity index (χ4v) is 3.19. The van der Waals surface area contributed by atoms with Crippen molar-refractivity contribution in [1.29, 1.82) is 0 Å². The van der Waals surface area contributed by atoms with Gasteiger partial charge in [-0.15, -0.1) is 0 Å². The number of esters is 1. The van der Waals surface area contributed by atoms with E-state index in [0.717, 1.165) is 33.2 Å². The summed E-state index contributed by atoms with van der Waals surface area (Å²) in [5, 5.41) is 22.2. The summed E-state index contributed by atoms with van der Waals surface area (Å²) in [6.07, 6.45) is 4.94. The van der Waals surface area contributed by atoms with Crippen LogP contribution in [0.4, 0.5) is 23.1 Å². The van der Waals surface area contributed by atoms with E-state index in [2.05, 4.69) is 41.0 Å². The summed E-state index contributed by atoms with van der Waals surface area (Å²) in [5.74, 6) is 0.160. The number of nitrogens with zero attached hydrogens (tertiary/aromatic N) is 4. The van der Waals surface area contributed by atoms with E-state index < -0.39 is 5.97 Å². The maximum absolute atomic E-state index is 12.4. The molecule has 3 heterocycles. The van der Waals surface area contributed by atoms with Crippen molar-refractivity contribution in [2.45, 2.75) is 6.92 Å². The Kier molecular flexibility index (Phi) is 4.64. The molecule has 0 unspecified atom stereocenters. The molecule has 0 aliphatic heterocycles. The van der Waals surface area contributed by atoms with Gasteiger partial charge in [-0.1, -0.05) is 0 Å². The zero-order valence-electron chi connectivity index (χ0n) is 16.5. The molecule has 0 saturated carbocycles. The molecule has 10 nitrogen and oxygen atoms in total. The van der Waals surface area contributed by atoms with E-state index in [1.165, 1.54) is 6.20 Å². The van der Waals surface area contributed by atoms with Gasteiger partial charge in [-0.2, -0.15) is 15.2 Å². The Morgan fingerprint density at radius 2 is 1.58 bits per heavy atom. The van der Waals surface area contributed by atoms with E-state index in [-0.39, 0.29) is 12.2 Å². The van der Waals surface area contributed by atoms with Gasteiger partial charge >= 0.3 is 5.97 Å². The Hall–Kier alpha value is -4.47. The van der Waals surface area contributed by atoms with Gasteiger partial charge in [0.1, 0.15) is 5.56 Å². The topological polar surface area (TPSA) is 134 Å². The van der Waals surface area contributed by atoms with Gasteiger partial charge in [0, 0.05) is 28.3 Å². The van der Waals surface area contributed by atoms with E-state index >= 15 is 0 Å². The quantitative estimate of drug-likeness (QED) is 0.308. The van der Waals surface area contributed by atoms with Gasteiger partial charge in [-0.25, -0.2) is 9.78 Å². The maximum Gasteiger partial charge on any atom is 0.343 e. The maximum atomic E-state index is 12.4. The molecule has 0 saturated heterocycles. The number of aromatic amines is 2. The first-order valence-corrected chi connectivity index (χ1v) is 9.64. The molecule has 0 radical (unpaired) electrons. The number of hydrogen-bond donors (Lipinski definition) is 4. The molecule has 4 N–H and O–H groups in total. The Bertz CT molecular complexity index is 1390. The minimum Gasteiger partial charge on any atom is -0.462 e. The van der Waals surface area contributed by atoms with Crippen molar-refractivity contribution in [2.75, 3.05) is 17.2 Å². The molecule has 0 aliphatic rings. The van der Waals surface area contributed by atoms with Gasteiger partial charge in [0.05, 0.1) is 30.0 Å². The Balaban J connectivity index is 1.48. The Labute approximate surface area is 176 Å². The lowest BCUT2D eigenvalue weighted by Gasteiger charge is -2.12. The molecular weight excluding hydrogens is 396 g/mol. The summed E-state index contributed by atoms with van der Waals surface area (Å²) >= 11 is 0. The lowest BCUT2D eigenvalue weighted by Crippen LogP contribution is -2.11. The molecule has 31 heavy (non-hydrogen) atoms. The van der Waals surface area contributed by atoms with Crippen LogP contribution < -0.4 is 10.6 Å². The van der Waals surface area contributed by atoms with Crippen molar-refractivity contribution in [3.63, 3.8) is 0 Å². The lowest BCUT2D eigenvalue weighted by molar-refractivity contribution is 0.0526. The zero-order valence-corrected chi connectivity index (χ0v) is 16.5. The van der Waals surface area contributed by atoms with Crippen molar-refractivity contribution in [3.05, 3.63) is 60.6 Å². The minimum absolute atomic E-state index is 0.237. The summed E-state index contributed by atoms with van der Waals surface area (Å²) in [5.41, 5.74) is 3.51. The second kappa shape index (κ2) is 7.75. The summed E-state index contributed by atoms with van der Waals surface area (Å²) in [6.45, 7) is 2.00. The first-order chi connectivity index (χ1) is 15.2. The molecule has 0 aliphatic carbocycles. The average molecular weight is 414 g/mol. The van der Waals surface area contributed by atoms with Gasteiger partial charge in [0.2, 0.25) is 5.95 Å². The third-order valence-electron chi connectivity index (χ3n) is 4.69. The molecule has 5 aromatic rings. The van der Waals surface area contributed by atoms with Crippen LogP contribution >= 0.6 is 0 Å². The van der Waals surface area contributed by atoms with Crippen LogP contribution in [0, 0.1) is 0 Å². The third-order valence-corrected chi connectivity index (χ3v) is 4.69. The van der Waals surface area contributed by atoms with Gasteiger partial charge in [-0.3, -0.25) is 10.2 Å². The Morgan fingerprint density at radius 1 is 0.935 bits per heavy atom. The predicted molar refractivity (Wildman–Crippen MR) is 117 cm³/mol. The number of fused-ring (bicyclic) bond motifs is 2. The van der Waals surface area contributed by atoms with E-state index in [1.54, 1.807) is 19.3 Å². The standard InChI is InChI=1S/C21H18N8O2/c1-2-31-20(30)16-11-22-21(26-15-6-4-13-10-24-29-18(13)8-15)27-19(16)25-14-5-3-12-9-23-28-17(12)7-14/h3-11H,2H2,1H3,(H,23,28)(H,24,29)(H2,22,25,26,27). The van der Waals surface area contributed by atoms with Crippen LogP contribution in [0.5, 0.6) is 0 Å². The largest absolute Gasteiger partial charge is 0.462 e. The highest BCUT2D eigenvalue weighted by atomic mass is 16.5. The van der Waals surface area contributed by atoms with Gasteiger partial charge in [0.25, 0.3) is 0 Å². The number of benzene rings is 2. The van der Waals surface area contributed by atoms with Crippen molar-refractivity contribution in [1.82, 2.24) is 30.4 Å². The number of carbonyl (C=O) groups excluding carboxylic acids is 1. The molecule has 0 fully saturated rings. The molecule has 10 heteroatoms. The van der Waals surface area contributed by atoms with Crippen LogP contribution in [0.2, 0.25) is 0 Å². The van der Waals surface area contributed by atoms with E-state index in [9.17, 15) is 4.79 Å². The smallest absolute Gasteiger partial charge is 0.343 e. The lowest BCUT2D eigenvalue weighted by atomic mass is 10.2. The first-order valence-electron chi connectivity index (χ1n) is 9.64. The number of carbonyl (C=O) groups is 1. The number of rotatable bonds is 6. The highest BCUT2D eigenvalue weighted by Crippen LogP contribution is 2.25. The third kappa shape index (κ3) is 3.73. The fraction of sp³-hybridized carbons (Fsp3) is 0.0952. The number of H-pyrrole nitrogens is 2. The van der Waals surface area contributed by atoms with Gasteiger partial charge in [0.15, 0.2) is 5.82 Å². The SMILES string of the molecule is CCOC(=O)c1cnc(Nc2ccc3cn[nH]c3c2)nc1Nc1ccc2cn[nH]c2c1. The van der Waals surface area contributed by atoms with Crippen LogP contribution in [-0.2, 0) is 4.74 Å². The fourth-order valence-electron chi connectivity index (χ4n) is 3.19. The van der Waals surface area contributed by atoms with Gasteiger partial charge in [-0.05, 0) is 43.3 Å². The molecule has 0 spiro atoms. The molecule has 2 aromatic carbocycles. The number of aromatic nitrogens is 6. The summed E-state index contributed by atoms with van der Waals surface area (Å²) in [7, 11) is 0. The molecular formula is C21H18N8O2. The van der Waals surface area contributed by atoms with E-state index in [0.29, 0.717) is 11.8 Å². The van der Waals surface area contributed by atoms with Crippen molar-refractivity contribution in [3.8, 4) is 0 Å². The molecule has 3 aromatic heterocycles. The monoisotopic (exact) mass is 414 g/mol. The normalized spacial score (nSPS) is 11.0. The highest BCUT2D eigenvalue weighted by Gasteiger charge is 2.17. The van der Waals surface area contributed by atoms with Crippen molar-refractivity contribution < 1.29 is 9.53 Å². The molecule has 0 amide bonds. The number of nitrogens with one attached hydrogen (secondary N) is 4. The van der Waals surface area contributed by atoms with Crippen molar-refractivity contribution in [2.24, 2.45) is 0 Å². The summed E-state index contributed by atoms with van der Waals surface area (Å²) < 4.78 is 5.16. The van der Waals surface area contributed by atoms with Crippen LogP contribution in [0.1, 0.15) is 17.3 Å². The van der Waals surface area contributed by atoms with Crippen molar-refractivity contribution >= 4 is 50.9 Å². The second-order valence-electron chi connectivity index (χ2n) is 6.77. The highest BCUT2D eigenvalue weighted by molar-refractivity contribution is 5.96. The van der Waals surface area contributed by atoms with Crippen LogP contribution in [0.25, 0.3) is 21.8 Å². The van der Waals surface area contributed by atoms with Crippen LogP contribution in [0.3, 0.4) is 0 Å². The average Bonchev–Trinajstić information content (AvgIpc) is 3.42. The first kappa shape index (κ1) is 18.6.